The lowest BCUT2D eigenvalue weighted by Crippen LogP contribution is -2.25. The number of carboxylic acids is 1. The molecule has 1 atom stereocenters. The number of carboxylic acid groups (broad SMARTS) is 1. The molecule has 2 heterocycles. The molecule has 0 radical (unpaired) electrons. The van der Waals surface area contributed by atoms with Gasteiger partial charge >= 0.3 is 12.1 Å². The Balaban J connectivity index is 2.23. The minimum absolute atomic E-state index is 0.0193. The zero-order chi connectivity index (χ0) is 14.7. The summed E-state index contributed by atoms with van der Waals surface area (Å²) in [6.07, 6.45) is -3.73. The van der Waals surface area contributed by atoms with Gasteiger partial charge in [0, 0.05) is 23.1 Å². The van der Waals surface area contributed by atoms with E-state index < -0.39 is 24.5 Å². The van der Waals surface area contributed by atoms with Crippen LogP contribution < -0.4 is 0 Å². The number of aromatic nitrogens is 2. The summed E-state index contributed by atoms with van der Waals surface area (Å²) in [6.45, 7) is 1.50. The number of halogens is 3. The van der Waals surface area contributed by atoms with Gasteiger partial charge in [0.05, 0.1) is 17.8 Å². The number of H-pyrrole nitrogens is 1. The highest BCUT2D eigenvalue weighted by Gasteiger charge is 2.47. The molecule has 3 rings (SSSR count). The van der Waals surface area contributed by atoms with Gasteiger partial charge in [-0.15, -0.1) is 0 Å². The normalized spacial score (nSPS) is 17.7. The lowest BCUT2D eigenvalue weighted by molar-refractivity contribution is -0.151. The molecule has 0 spiro atoms. The maximum Gasteiger partial charge on any atom is 0.396 e. The molecule has 2 aromatic rings. The summed E-state index contributed by atoms with van der Waals surface area (Å²) in [5.74, 6) is -3.35. The third-order valence-electron chi connectivity index (χ3n) is 3.49. The van der Waals surface area contributed by atoms with E-state index in [1.165, 1.54) is 6.92 Å². The van der Waals surface area contributed by atoms with E-state index >= 15 is 0 Å². The number of aromatic carboxylic acids is 1. The first kappa shape index (κ1) is 12.8. The second kappa shape index (κ2) is 3.87. The molecule has 2 N–H and O–H groups in total. The largest absolute Gasteiger partial charge is 0.475 e. The Hall–Kier alpha value is -2.25. The van der Waals surface area contributed by atoms with Crippen LogP contribution in [0.15, 0.2) is 10.6 Å². The standard InChI is InChI=1S/C12H9F3N2O3/c1-4-8-7(20-10(4)11(18)19)2-6(12(13,14)15)5-3-16-17-9(5)8/h3,6H,2H2,1H3,(H,16,17)(H,18,19). The molecule has 0 amide bonds. The summed E-state index contributed by atoms with van der Waals surface area (Å²) in [5, 5.41) is 15.2. The molecule has 0 fully saturated rings. The Kier molecular flexibility index (Phi) is 2.47. The Labute approximate surface area is 110 Å². The van der Waals surface area contributed by atoms with Crippen molar-refractivity contribution in [1.82, 2.24) is 10.2 Å². The van der Waals surface area contributed by atoms with Crippen LogP contribution in [0.25, 0.3) is 11.3 Å². The molecule has 1 aliphatic carbocycles. The van der Waals surface area contributed by atoms with Gasteiger partial charge in [0.1, 0.15) is 5.76 Å². The van der Waals surface area contributed by atoms with E-state index in [4.69, 9.17) is 9.52 Å². The van der Waals surface area contributed by atoms with Crippen molar-refractivity contribution in [3.8, 4) is 11.3 Å². The van der Waals surface area contributed by atoms with Crippen LogP contribution in [0.5, 0.6) is 0 Å². The fourth-order valence-corrected chi connectivity index (χ4v) is 2.60. The molecule has 0 bridgehead atoms. The van der Waals surface area contributed by atoms with Gasteiger partial charge in [-0.25, -0.2) is 4.79 Å². The van der Waals surface area contributed by atoms with Crippen LogP contribution in [-0.2, 0) is 6.42 Å². The van der Waals surface area contributed by atoms with E-state index in [1.807, 2.05) is 0 Å². The summed E-state index contributed by atoms with van der Waals surface area (Å²) in [7, 11) is 0. The quantitative estimate of drug-likeness (QED) is 0.844. The lowest BCUT2D eigenvalue weighted by Gasteiger charge is -2.23. The highest BCUT2D eigenvalue weighted by atomic mass is 19.4. The minimum atomic E-state index is -4.44. The van der Waals surface area contributed by atoms with Crippen molar-refractivity contribution >= 4 is 5.97 Å². The summed E-state index contributed by atoms with van der Waals surface area (Å²) < 4.78 is 44.3. The third kappa shape index (κ3) is 1.64. The van der Waals surface area contributed by atoms with Gasteiger partial charge in [-0.2, -0.15) is 18.3 Å². The number of fused-ring (bicyclic) bond motifs is 3. The van der Waals surface area contributed by atoms with Crippen molar-refractivity contribution in [3.63, 3.8) is 0 Å². The lowest BCUT2D eigenvalue weighted by atomic mass is 9.84. The molecule has 1 aliphatic rings. The molecular weight excluding hydrogens is 277 g/mol. The predicted molar refractivity (Wildman–Crippen MR) is 60.5 cm³/mol. The summed E-state index contributed by atoms with van der Waals surface area (Å²) >= 11 is 0. The van der Waals surface area contributed by atoms with Gasteiger partial charge < -0.3 is 9.52 Å². The number of hydrogen-bond acceptors (Lipinski definition) is 3. The monoisotopic (exact) mass is 286 g/mol. The topological polar surface area (TPSA) is 79.1 Å². The smallest absolute Gasteiger partial charge is 0.396 e. The van der Waals surface area contributed by atoms with Crippen LogP contribution in [0.3, 0.4) is 0 Å². The van der Waals surface area contributed by atoms with Gasteiger partial charge in [0.25, 0.3) is 0 Å². The molecule has 8 heteroatoms. The van der Waals surface area contributed by atoms with Crippen molar-refractivity contribution in [3.05, 3.63) is 28.8 Å². The van der Waals surface area contributed by atoms with E-state index in [0.29, 0.717) is 11.1 Å². The predicted octanol–water partition coefficient (Wildman–Crippen LogP) is 2.88. The number of aromatic amines is 1. The first-order valence-electron chi connectivity index (χ1n) is 5.76. The molecule has 0 saturated carbocycles. The van der Waals surface area contributed by atoms with Crippen LogP contribution in [0, 0.1) is 6.92 Å². The van der Waals surface area contributed by atoms with Crippen LogP contribution in [0.1, 0.15) is 33.4 Å². The fraction of sp³-hybridized carbons (Fsp3) is 0.333. The van der Waals surface area contributed by atoms with Crippen molar-refractivity contribution in [2.75, 3.05) is 0 Å². The molecule has 1 unspecified atom stereocenters. The minimum Gasteiger partial charge on any atom is -0.475 e. The highest BCUT2D eigenvalue weighted by Crippen LogP contribution is 2.48. The maximum absolute atomic E-state index is 13.1. The van der Waals surface area contributed by atoms with E-state index in [-0.39, 0.29) is 22.8 Å². The van der Waals surface area contributed by atoms with Crippen molar-refractivity contribution in [2.24, 2.45) is 0 Å². The van der Waals surface area contributed by atoms with E-state index in [2.05, 4.69) is 10.2 Å². The first-order valence-corrected chi connectivity index (χ1v) is 5.76. The van der Waals surface area contributed by atoms with Gasteiger partial charge in [0.2, 0.25) is 5.76 Å². The Morgan fingerprint density at radius 3 is 2.85 bits per heavy atom. The van der Waals surface area contributed by atoms with Crippen molar-refractivity contribution < 1.29 is 27.5 Å². The van der Waals surface area contributed by atoms with Crippen LogP contribution >= 0.6 is 0 Å². The number of hydrogen-bond donors (Lipinski definition) is 2. The van der Waals surface area contributed by atoms with Crippen molar-refractivity contribution in [2.45, 2.75) is 25.4 Å². The Morgan fingerprint density at radius 1 is 1.55 bits per heavy atom. The van der Waals surface area contributed by atoms with E-state index in [1.54, 1.807) is 0 Å². The fourth-order valence-electron chi connectivity index (χ4n) is 2.60. The first-order chi connectivity index (χ1) is 9.30. The molecular formula is C12H9F3N2O3. The van der Waals surface area contributed by atoms with Crippen LogP contribution in [-0.4, -0.2) is 27.4 Å². The number of alkyl halides is 3. The SMILES string of the molecule is Cc1c(C(=O)O)oc2c1-c1[nH]ncc1C(C(F)(F)F)C2. The van der Waals surface area contributed by atoms with Crippen LogP contribution in [0.2, 0.25) is 0 Å². The Morgan fingerprint density at radius 2 is 2.25 bits per heavy atom. The second-order valence-electron chi connectivity index (χ2n) is 4.66. The number of nitrogens with one attached hydrogen (secondary N) is 1. The maximum atomic E-state index is 13.1. The molecule has 106 valence electrons. The van der Waals surface area contributed by atoms with E-state index in [0.717, 1.165) is 6.20 Å². The Bertz CT molecular complexity index is 699. The molecule has 0 aliphatic heterocycles. The molecule has 2 aromatic heterocycles. The molecule has 20 heavy (non-hydrogen) atoms. The van der Waals surface area contributed by atoms with Gasteiger partial charge in [0.15, 0.2) is 0 Å². The summed E-state index contributed by atoms with van der Waals surface area (Å²) in [4.78, 5) is 11.0. The highest BCUT2D eigenvalue weighted by molar-refractivity contribution is 5.90. The van der Waals surface area contributed by atoms with Gasteiger partial charge in [-0.3, -0.25) is 5.10 Å². The third-order valence-corrected chi connectivity index (χ3v) is 3.49. The molecule has 0 aromatic carbocycles. The van der Waals surface area contributed by atoms with Crippen LogP contribution in [0.4, 0.5) is 13.2 Å². The number of rotatable bonds is 1. The van der Waals surface area contributed by atoms with E-state index in [9.17, 15) is 18.0 Å². The molecule has 0 saturated heterocycles. The number of nitrogens with zero attached hydrogens (tertiary/aromatic N) is 1. The zero-order valence-corrected chi connectivity index (χ0v) is 10.2. The zero-order valence-electron chi connectivity index (χ0n) is 10.2. The summed E-state index contributed by atoms with van der Waals surface area (Å²) in [6, 6.07) is 0. The second-order valence-corrected chi connectivity index (χ2v) is 4.66. The average Bonchev–Trinajstić information content (AvgIpc) is 2.90. The molecule has 5 nitrogen and oxygen atoms in total. The van der Waals surface area contributed by atoms with Crippen molar-refractivity contribution in [1.29, 1.82) is 0 Å². The number of furan rings is 1. The van der Waals surface area contributed by atoms with Gasteiger partial charge in [-0.1, -0.05) is 0 Å². The number of carbonyl (C=O) groups is 1. The van der Waals surface area contributed by atoms with Gasteiger partial charge in [-0.05, 0) is 6.92 Å². The average molecular weight is 286 g/mol. The summed E-state index contributed by atoms with van der Waals surface area (Å²) in [5.41, 5.74) is 0.877.